The molecular formula is C48H46Cl2N4O5. The fourth-order valence-electron chi connectivity index (χ4n) is 8.81. The van der Waals surface area contributed by atoms with Gasteiger partial charge in [0, 0.05) is 64.4 Å². The van der Waals surface area contributed by atoms with Crippen LogP contribution in [-0.2, 0) is 20.1 Å². The van der Waals surface area contributed by atoms with Crippen molar-refractivity contribution in [3.05, 3.63) is 139 Å². The maximum atomic E-state index is 15.4. The zero-order chi connectivity index (χ0) is 41.9. The molecule has 0 saturated carbocycles. The molecule has 0 bridgehead atoms. The minimum atomic E-state index is -1.06. The molecule has 2 aliphatic rings. The number of ether oxygens (including phenoxy) is 2. The Kier molecular flexibility index (Phi) is 10.7. The van der Waals surface area contributed by atoms with Gasteiger partial charge in [-0.15, -0.1) is 0 Å². The summed E-state index contributed by atoms with van der Waals surface area (Å²) in [5.74, 6) is 0.0194. The van der Waals surface area contributed by atoms with Crippen molar-refractivity contribution in [2.45, 2.75) is 67.0 Å². The minimum absolute atomic E-state index is 0.108. The molecule has 0 unspecified atom stereocenters. The molecule has 4 aromatic carbocycles. The first-order valence-electron chi connectivity index (χ1n) is 19.8. The van der Waals surface area contributed by atoms with Gasteiger partial charge in [-0.3, -0.25) is 9.79 Å². The van der Waals surface area contributed by atoms with E-state index in [2.05, 4.69) is 18.4 Å². The molecule has 1 N–H and O–H groups in total. The molecule has 1 atom stereocenters. The maximum absolute atomic E-state index is 15.4. The number of carbonyl (C=O) groups excluding carboxylic acids is 1. The summed E-state index contributed by atoms with van der Waals surface area (Å²) in [7, 11) is 1.72. The van der Waals surface area contributed by atoms with Gasteiger partial charge in [0.15, 0.2) is 0 Å². The Hall–Kier alpha value is -5.77. The predicted molar refractivity (Wildman–Crippen MR) is 238 cm³/mol. The normalized spacial score (nSPS) is 16.1. The first-order chi connectivity index (χ1) is 28.3. The van der Waals surface area contributed by atoms with E-state index in [1.165, 1.54) is 0 Å². The van der Waals surface area contributed by atoms with Gasteiger partial charge in [-0.25, -0.2) is 4.79 Å². The number of allylic oxidation sites excluding steroid dienone is 3. The Morgan fingerprint density at radius 1 is 0.949 bits per heavy atom. The maximum Gasteiger partial charge on any atom is 0.352 e. The molecule has 4 heterocycles. The topological polar surface area (TPSA) is 98.3 Å². The molecule has 6 aromatic rings. The number of aromatic carboxylic acids is 1. The van der Waals surface area contributed by atoms with Crippen LogP contribution in [0.25, 0.3) is 27.4 Å². The second-order valence-electron chi connectivity index (χ2n) is 15.5. The number of aliphatic imine (C=N–C) groups is 1. The van der Waals surface area contributed by atoms with Crippen molar-refractivity contribution < 1.29 is 24.2 Å². The Labute approximate surface area is 353 Å². The zero-order valence-corrected chi connectivity index (χ0v) is 35.8. The number of carbonyl (C=O) groups is 2. The van der Waals surface area contributed by atoms with Gasteiger partial charge in [-0.2, -0.15) is 0 Å². The van der Waals surface area contributed by atoms with E-state index >= 15 is 4.79 Å². The van der Waals surface area contributed by atoms with Gasteiger partial charge in [-0.05, 0) is 106 Å². The van der Waals surface area contributed by atoms with E-state index in [1.54, 1.807) is 22.6 Å². The minimum Gasteiger partial charge on any atom is -0.494 e. The van der Waals surface area contributed by atoms with Crippen LogP contribution in [0.15, 0.2) is 95.1 Å². The predicted octanol–water partition coefficient (Wildman–Crippen LogP) is 11.7. The van der Waals surface area contributed by atoms with E-state index in [1.807, 2.05) is 101 Å². The third-order valence-electron chi connectivity index (χ3n) is 11.6. The highest BCUT2D eigenvalue weighted by Crippen LogP contribution is 2.46. The van der Waals surface area contributed by atoms with Crippen LogP contribution in [0.4, 0.5) is 5.69 Å². The third kappa shape index (κ3) is 7.00. The SMILES string of the molecule is C/C=C1/N=C(C)C(c2c(Cl)ccc3c(CCCOc4cc(C)c(Cl)c(C)c4)c4n(c23)[C@H](C)CN(c2cc(OCc3ccccc3)cc3c2cc(C(=O)O)n3C)C4=O)=C1C. The van der Waals surface area contributed by atoms with E-state index in [9.17, 15) is 9.90 Å². The number of fused-ring (bicyclic) bond motifs is 4. The highest BCUT2D eigenvalue weighted by atomic mass is 35.5. The van der Waals surface area contributed by atoms with Gasteiger partial charge in [0.2, 0.25) is 0 Å². The second kappa shape index (κ2) is 15.8. The summed E-state index contributed by atoms with van der Waals surface area (Å²) in [5, 5.41) is 13.1. The summed E-state index contributed by atoms with van der Waals surface area (Å²) in [6.45, 7) is 13.1. The van der Waals surface area contributed by atoms with Gasteiger partial charge >= 0.3 is 5.97 Å². The van der Waals surface area contributed by atoms with Crippen molar-refractivity contribution in [2.24, 2.45) is 12.0 Å². The number of aromatic nitrogens is 2. The third-order valence-corrected chi connectivity index (χ3v) is 12.5. The Bertz CT molecular complexity index is 2790. The number of rotatable bonds is 11. The Balaban J connectivity index is 1.27. The van der Waals surface area contributed by atoms with E-state index in [0.717, 1.165) is 72.0 Å². The molecule has 0 aliphatic carbocycles. The first kappa shape index (κ1) is 40.0. The fraction of sp³-hybridized carbons (Fsp3) is 0.271. The number of carboxylic acids is 1. The molecule has 11 heteroatoms. The second-order valence-corrected chi connectivity index (χ2v) is 16.3. The number of hydrogen-bond acceptors (Lipinski definition) is 5. The van der Waals surface area contributed by atoms with Crippen LogP contribution in [-0.4, -0.2) is 45.0 Å². The van der Waals surface area contributed by atoms with E-state index in [4.69, 9.17) is 37.7 Å². The van der Waals surface area contributed by atoms with Gasteiger partial charge in [0.05, 0.1) is 34.0 Å². The number of amides is 1. The van der Waals surface area contributed by atoms with Gasteiger partial charge in [-0.1, -0.05) is 65.7 Å². The van der Waals surface area contributed by atoms with Crippen molar-refractivity contribution in [3.8, 4) is 11.5 Å². The molecule has 302 valence electrons. The molecule has 1 amide bonds. The molecular weight excluding hydrogens is 783 g/mol. The number of anilines is 1. The number of carboxylic acid groups (broad SMARTS) is 1. The molecule has 0 spiro atoms. The van der Waals surface area contributed by atoms with Crippen molar-refractivity contribution in [2.75, 3.05) is 18.1 Å². The summed E-state index contributed by atoms with van der Waals surface area (Å²) in [5.41, 5.74) is 11.2. The standard InChI is InChI=1S/C48H46Cl2N4O5/c1-8-38-29(5)42(30(6)51-38)43-37(49)17-16-35-34(15-12-18-58-32-19-26(2)44(50)27(3)20-32)46-47(55)53(24-28(4)54(46)45(35)43)40-22-33(59-25-31-13-10-9-11-14-31)21-39-36(40)23-41(48(56)57)52(39)7/h8-11,13-14,16-17,19-23,28H,12,15,18,24-25H2,1-7H3,(H,56,57)/b38-8+/t28-/m1/s1. The van der Waals surface area contributed by atoms with Crippen LogP contribution in [0.1, 0.15) is 89.0 Å². The lowest BCUT2D eigenvalue weighted by atomic mass is 9.94. The van der Waals surface area contributed by atoms with E-state index in [-0.39, 0.29) is 17.6 Å². The molecule has 0 fully saturated rings. The lowest BCUT2D eigenvalue weighted by Crippen LogP contribution is -2.42. The summed E-state index contributed by atoms with van der Waals surface area (Å²) < 4.78 is 16.4. The zero-order valence-electron chi connectivity index (χ0n) is 34.2. The van der Waals surface area contributed by atoms with Crippen LogP contribution in [0, 0.1) is 13.8 Å². The van der Waals surface area contributed by atoms with Gasteiger partial charge < -0.3 is 28.6 Å². The van der Waals surface area contributed by atoms with Crippen LogP contribution in [0.2, 0.25) is 10.0 Å². The smallest absolute Gasteiger partial charge is 0.352 e. The number of hydrogen-bond donors (Lipinski definition) is 1. The molecule has 59 heavy (non-hydrogen) atoms. The lowest BCUT2D eigenvalue weighted by Gasteiger charge is -2.35. The molecule has 9 nitrogen and oxygen atoms in total. The monoisotopic (exact) mass is 828 g/mol. The summed E-state index contributed by atoms with van der Waals surface area (Å²) in [6.07, 6.45) is 3.18. The van der Waals surface area contributed by atoms with Crippen molar-refractivity contribution >= 4 is 73.9 Å². The number of halogens is 2. The summed E-state index contributed by atoms with van der Waals surface area (Å²) in [4.78, 5) is 34.5. The average molecular weight is 830 g/mol. The van der Waals surface area contributed by atoms with Crippen LogP contribution in [0.5, 0.6) is 11.5 Å². The fourth-order valence-corrected chi connectivity index (χ4v) is 9.17. The van der Waals surface area contributed by atoms with Gasteiger partial charge in [0.25, 0.3) is 5.91 Å². The van der Waals surface area contributed by atoms with E-state index in [0.29, 0.717) is 65.7 Å². The van der Waals surface area contributed by atoms with Crippen molar-refractivity contribution in [1.82, 2.24) is 9.13 Å². The number of aryl methyl sites for hydroxylation is 4. The summed E-state index contributed by atoms with van der Waals surface area (Å²) >= 11 is 13.6. The van der Waals surface area contributed by atoms with Crippen molar-refractivity contribution in [3.63, 3.8) is 0 Å². The molecule has 0 saturated heterocycles. The summed E-state index contributed by atoms with van der Waals surface area (Å²) in [6, 6.07) is 22.8. The highest BCUT2D eigenvalue weighted by Gasteiger charge is 2.38. The largest absolute Gasteiger partial charge is 0.494 e. The molecule has 2 aromatic heterocycles. The van der Waals surface area contributed by atoms with Gasteiger partial charge in [0.1, 0.15) is 29.5 Å². The van der Waals surface area contributed by atoms with Crippen LogP contribution < -0.4 is 14.4 Å². The van der Waals surface area contributed by atoms with Crippen LogP contribution in [0.3, 0.4) is 0 Å². The first-order valence-corrected chi connectivity index (χ1v) is 20.6. The number of benzene rings is 4. The van der Waals surface area contributed by atoms with Crippen LogP contribution >= 0.6 is 23.2 Å². The lowest BCUT2D eigenvalue weighted by molar-refractivity contribution is 0.0686. The Morgan fingerprint density at radius 3 is 2.34 bits per heavy atom. The van der Waals surface area contributed by atoms with E-state index < -0.39 is 5.97 Å². The average Bonchev–Trinajstić information content (AvgIpc) is 3.84. The molecule has 0 radical (unpaired) electrons. The molecule has 2 aliphatic heterocycles. The quantitative estimate of drug-likeness (QED) is 0.131. The number of nitrogens with zero attached hydrogens (tertiary/aromatic N) is 4. The Morgan fingerprint density at radius 2 is 1.66 bits per heavy atom. The van der Waals surface area contributed by atoms with Crippen molar-refractivity contribution in [1.29, 1.82) is 0 Å². The highest BCUT2D eigenvalue weighted by molar-refractivity contribution is 6.39. The molecule has 8 rings (SSSR count).